The average molecular weight is 264 g/mol. The minimum Gasteiger partial charge on any atom is -0.378 e. The van der Waals surface area contributed by atoms with Gasteiger partial charge in [0.05, 0.1) is 22.8 Å². The Bertz CT molecular complexity index is 553. The van der Waals surface area contributed by atoms with E-state index in [2.05, 4.69) is 31.0 Å². The van der Waals surface area contributed by atoms with Gasteiger partial charge in [-0.05, 0) is 36.1 Å². The molecule has 2 nitrogen and oxygen atoms in total. The van der Waals surface area contributed by atoms with E-state index < -0.39 is 0 Å². The van der Waals surface area contributed by atoms with Crippen molar-refractivity contribution in [1.82, 2.24) is 4.98 Å². The first-order chi connectivity index (χ1) is 8.65. The molecule has 1 unspecified atom stereocenters. The largest absolute Gasteiger partial charge is 0.378 e. The monoisotopic (exact) mass is 263 g/mol. The normalized spacial score (nSPS) is 12.9. The summed E-state index contributed by atoms with van der Waals surface area (Å²) in [5, 5.41) is 1.77. The number of rotatable bonds is 4. The molecular weight excluding hydrogens is 246 g/mol. The van der Waals surface area contributed by atoms with Crippen LogP contribution in [0.2, 0.25) is 5.02 Å². The van der Waals surface area contributed by atoms with E-state index >= 15 is 0 Å². The van der Waals surface area contributed by atoms with E-state index in [1.165, 1.54) is 5.56 Å². The van der Waals surface area contributed by atoms with Crippen molar-refractivity contribution in [1.29, 1.82) is 0 Å². The Morgan fingerprint density at radius 3 is 2.78 bits per heavy atom. The number of halogens is 1. The van der Waals surface area contributed by atoms with Crippen LogP contribution in [-0.4, -0.2) is 12.1 Å². The van der Waals surface area contributed by atoms with Gasteiger partial charge in [-0.3, -0.25) is 4.98 Å². The highest BCUT2D eigenvalue weighted by atomic mass is 35.5. The number of methoxy groups -OCH3 is 1. The van der Waals surface area contributed by atoms with Crippen molar-refractivity contribution in [3.05, 3.63) is 40.5 Å². The molecule has 1 atom stereocenters. The lowest BCUT2D eigenvalue weighted by atomic mass is 9.97. The zero-order valence-corrected chi connectivity index (χ0v) is 11.8. The van der Waals surface area contributed by atoms with Gasteiger partial charge < -0.3 is 4.74 Å². The molecule has 1 aromatic carbocycles. The highest BCUT2D eigenvalue weighted by molar-refractivity contribution is 6.35. The number of benzene rings is 1. The third-order valence-corrected chi connectivity index (χ3v) is 3.62. The summed E-state index contributed by atoms with van der Waals surface area (Å²) in [6.07, 6.45) is 1.12. The minimum absolute atomic E-state index is 0.489. The Morgan fingerprint density at radius 2 is 2.11 bits per heavy atom. The molecule has 0 saturated carbocycles. The second kappa shape index (κ2) is 5.68. The maximum Gasteiger partial charge on any atom is 0.0884 e. The van der Waals surface area contributed by atoms with Gasteiger partial charge in [0.1, 0.15) is 0 Å². The molecule has 0 radical (unpaired) electrons. The number of ether oxygens (including phenoxy) is 1. The maximum absolute atomic E-state index is 6.32. The summed E-state index contributed by atoms with van der Waals surface area (Å²) in [5.74, 6) is 0.545. The highest BCUT2D eigenvalue weighted by Crippen LogP contribution is 2.28. The average Bonchev–Trinajstić information content (AvgIpc) is 2.38. The van der Waals surface area contributed by atoms with Crippen LogP contribution < -0.4 is 0 Å². The van der Waals surface area contributed by atoms with E-state index in [0.29, 0.717) is 12.5 Å². The molecule has 0 aliphatic carbocycles. The summed E-state index contributed by atoms with van der Waals surface area (Å²) in [4.78, 5) is 4.54. The summed E-state index contributed by atoms with van der Waals surface area (Å²) in [7, 11) is 1.66. The molecule has 0 amide bonds. The quantitative estimate of drug-likeness (QED) is 0.807. The van der Waals surface area contributed by atoms with Gasteiger partial charge in [0, 0.05) is 12.5 Å². The molecule has 0 N–H and O–H groups in total. The number of aromatic nitrogens is 1. The Kier molecular flexibility index (Phi) is 4.20. The molecule has 96 valence electrons. The molecule has 2 rings (SSSR count). The number of pyridine rings is 1. The molecule has 0 saturated heterocycles. The van der Waals surface area contributed by atoms with Crippen molar-refractivity contribution in [3.8, 4) is 0 Å². The fourth-order valence-corrected chi connectivity index (χ4v) is 2.29. The van der Waals surface area contributed by atoms with Gasteiger partial charge in [-0.2, -0.15) is 0 Å². The van der Waals surface area contributed by atoms with Gasteiger partial charge in [0.25, 0.3) is 0 Å². The topological polar surface area (TPSA) is 22.1 Å². The summed E-state index contributed by atoms with van der Waals surface area (Å²) >= 11 is 6.32. The molecule has 0 bridgehead atoms. The standard InChI is InChI=1S/C15H18ClNO/c1-4-10(2)11-5-6-15-13(7-11)14(16)8-12(17-15)9-18-3/h5-8,10H,4,9H2,1-3H3. The molecule has 0 aliphatic heterocycles. The molecular formula is C15H18ClNO. The van der Waals surface area contributed by atoms with Crippen LogP contribution in [0, 0.1) is 0 Å². The molecule has 18 heavy (non-hydrogen) atoms. The Balaban J connectivity index is 2.51. The lowest BCUT2D eigenvalue weighted by molar-refractivity contribution is 0.182. The van der Waals surface area contributed by atoms with Crippen molar-refractivity contribution in [2.45, 2.75) is 32.8 Å². The van der Waals surface area contributed by atoms with E-state index in [0.717, 1.165) is 28.0 Å². The zero-order valence-electron chi connectivity index (χ0n) is 11.0. The third-order valence-electron chi connectivity index (χ3n) is 3.31. The molecule has 0 aliphatic rings. The summed E-state index contributed by atoms with van der Waals surface area (Å²) in [6.45, 7) is 4.90. The second-order valence-corrected chi connectivity index (χ2v) is 5.02. The maximum atomic E-state index is 6.32. The van der Waals surface area contributed by atoms with Gasteiger partial charge in [-0.1, -0.05) is 31.5 Å². The SMILES string of the molecule is CCC(C)c1ccc2nc(COC)cc(Cl)c2c1. The van der Waals surface area contributed by atoms with E-state index in [1.807, 2.05) is 12.1 Å². The Morgan fingerprint density at radius 1 is 1.33 bits per heavy atom. The predicted octanol–water partition coefficient (Wildman–Crippen LogP) is 4.55. The molecule has 2 aromatic rings. The highest BCUT2D eigenvalue weighted by Gasteiger charge is 2.08. The predicted molar refractivity (Wildman–Crippen MR) is 76.2 cm³/mol. The first-order valence-electron chi connectivity index (χ1n) is 6.23. The van der Waals surface area contributed by atoms with E-state index in [-0.39, 0.29) is 0 Å². The van der Waals surface area contributed by atoms with Gasteiger partial charge in [-0.25, -0.2) is 0 Å². The van der Waals surface area contributed by atoms with Gasteiger partial charge >= 0.3 is 0 Å². The van der Waals surface area contributed by atoms with Crippen LogP contribution in [0.1, 0.15) is 37.4 Å². The van der Waals surface area contributed by atoms with Gasteiger partial charge in [0.2, 0.25) is 0 Å². The summed E-state index contributed by atoms with van der Waals surface area (Å²) in [5.41, 5.74) is 3.11. The van der Waals surface area contributed by atoms with Crippen LogP contribution in [0.4, 0.5) is 0 Å². The van der Waals surface area contributed by atoms with Gasteiger partial charge in [-0.15, -0.1) is 0 Å². The van der Waals surface area contributed by atoms with Crippen LogP contribution in [0.25, 0.3) is 10.9 Å². The molecule has 3 heteroatoms. The lowest BCUT2D eigenvalue weighted by Crippen LogP contribution is -1.95. The number of hydrogen-bond acceptors (Lipinski definition) is 2. The number of nitrogens with zero attached hydrogens (tertiary/aromatic N) is 1. The first-order valence-corrected chi connectivity index (χ1v) is 6.61. The molecule has 0 fully saturated rings. The van der Waals surface area contributed by atoms with Gasteiger partial charge in [0.15, 0.2) is 0 Å². The smallest absolute Gasteiger partial charge is 0.0884 e. The molecule has 0 spiro atoms. The third kappa shape index (κ3) is 2.65. The van der Waals surface area contributed by atoms with Crippen molar-refractivity contribution in [2.75, 3.05) is 7.11 Å². The Hall–Kier alpha value is -1.12. The van der Waals surface area contributed by atoms with Crippen LogP contribution in [0.3, 0.4) is 0 Å². The fourth-order valence-electron chi connectivity index (χ4n) is 2.02. The van der Waals surface area contributed by atoms with Crippen LogP contribution in [-0.2, 0) is 11.3 Å². The van der Waals surface area contributed by atoms with Crippen molar-refractivity contribution in [2.24, 2.45) is 0 Å². The number of fused-ring (bicyclic) bond motifs is 1. The molecule has 1 aromatic heterocycles. The van der Waals surface area contributed by atoms with Crippen molar-refractivity contribution in [3.63, 3.8) is 0 Å². The van der Waals surface area contributed by atoms with Crippen LogP contribution in [0.15, 0.2) is 24.3 Å². The molecule has 1 heterocycles. The van der Waals surface area contributed by atoms with Crippen LogP contribution >= 0.6 is 11.6 Å². The number of hydrogen-bond donors (Lipinski definition) is 0. The first kappa shape index (κ1) is 13.3. The van der Waals surface area contributed by atoms with Crippen molar-refractivity contribution >= 4 is 22.5 Å². The van der Waals surface area contributed by atoms with Crippen molar-refractivity contribution < 1.29 is 4.74 Å². The minimum atomic E-state index is 0.489. The summed E-state index contributed by atoms with van der Waals surface area (Å²) in [6, 6.07) is 8.21. The fraction of sp³-hybridized carbons (Fsp3) is 0.400. The van der Waals surface area contributed by atoms with E-state index in [1.54, 1.807) is 7.11 Å². The second-order valence-electron chi connectivity index (χ2n) is 4.61. The van der Waals surface area contributed by atoms with E-state index in [9.17, 15) is 0 Å². The Labute approximate surface area is 113 Å². The van der Waals surface area contributed by atoms with E-state index in [4.69, 9.17) is 16.3 Å². The lowest BCUT2D eigenvalue weighted by Gasteiger charge is -2.11. The van der Waals surface area contributed by atoms with Crippen LogP contribution in [0.5, 0.6) is 0 Å². The summed E-state index contributed by atoms with van der Waals surface area (Å²) < 4.78 is 5.09. The zero-order chi connectivity index (χ0) is 13.1.